The average Bonchev–Trinajstić information content (AvgIpc) is 2.92. The summed E-state index contributed by atoms with van der Waals surface area (Å²) in [6.45, 7) is 4.34. The Labute approximate surface area is 152 Å². The summed E-state index contributed by atoms with van der Waals surface area (Å²) in [5.74, 6) is -0.0800. The van der Waals surface area contributed by atoms with Crippen molar-refractivity contribution < 1.29 is 19.1 Å². The molecule has 0 amide bonds. The quantitative estimate of drug-likeness (QED) is 0.545. The third-order valence-corrected chi connectivity index (χ3v) is 7.33. The van der Waals surface area contributed by atoms with E-state index in [4.69, 9.17) is 9.47 Å². The molecule has 25 heavy (non-hydrogen) atoms. The van der Waals surface area contributed by atoms with E-state index in [1.54, 1.807) is 0 Å². The van der Waals surface area contributed by atoms with Crippen LogP contribution in [0, 0.1) is 17.3 Å². The zero-order chi connectivity index (χ0) is 18.1. The summed E-state index contributed by atoms with van der Waals surface area (Å²) in [4.78, 5) is 26.6. The van der Waals surface area contributed by atoms with Crippen LogP contribution in [0.3, 0.4) is 0 Å². The van der Waals surface area contributed by atoms with Gasteiger partial charge in [-0.1, -0.05) is 58.8 Å². The number of ketones is 1. The maximum Gasteiger partial charge on any atom is 0.322 e. The SMILES string of the molecule is CC[C@]12O[C@H](C[C@@H]1C)[C@@]1(C(=O)OC)CCCCCCCCC[C@H]2C1=O. The van der Waals surface area contributed by atoms with Gasteiger partial charge in [-0.2, -0.15) is 0 Å². The van der Waals surface area contributed by atoms with Crippen molar-refractivity contribution >= 4 is 11.8 Å². The Bertz CT molecular complexity index is 516. The van der Waals surface area contributed by atoms with E-state index in [0.717, 1.165) is 38.5 Å². The van der Waals surface area contributed by atoms with E-state index >= 15 is 0 Å². The molecule has 1 saturated carbocycles. The van der Waals surface area contributed by atoms with Crippen LogP contribution in [-0.4, -0.2) is 30.6 Å². The number of hydrogen-bond donors (Lipinski definition) is 0. The lowest BCUT2D eigenvalue weighted by Crippen LogP contribution is -2.61. The first-order valence-electron chi connectivity index (χ1n) is 10.3. The van der Waals surface area contributed by atoms with E-state index < -0.39 is 5.41 Å². The highest BCUT2D eigenvalue weighted by Crippen LogP contribution is 2.58. The van der Waals surface area contributed by atoms with Crippen molar-refractivity contribution in [3.8, 4) is 0 Å². The standard InChI is InChI=1S/C21H34O4/c1-4-21-15(2)14-17(25-21)20(19(23)24-3)13-11-9-7-5-6-8-10-12-16(21)18(20)22/h15-17H,4-14H2,1-3H3/t15-,16-,17+,20-,21-/m0/s1. The van der Waals surface area contributed by atoms with Gasteiger partial charge in [-0.25, -0.2) is 0 Å². The molecule has 4 nitrogen and oxygen atoms in total. The molecular weight excluding hydrogens is 316 g/mol. The Morgan fingerprint density at radius 2 is 1.80 bits per heavy atom. The first-order chi connectivity index (χ1) is 12.0. The molecule has 2 aliphatic heterocycles. The van der Waals surface area contributed by atoms with Crippen LogP contribution in [0.4, 0.5) is 0 Å². The lowest BCUT2D eigenvalue weighted by atomic mass is 9.64. The molecule has 4 bridgehead atoms. The smallest absolute Gasteiger partial charge is 0.322 e. The fraction of sp³-hybridized carbons (Fsp3) is 0.905. The topological polar surface area (TPSA) is 52.6 Å². The highest BCUT2D eigenvalue weighted by molar-refractivity contribution is 6.07. The highest BCUT2D eigenvalue weighted by Gasteiger charge is 2.69. The molecule has 2 saturated heterocycles. The van der Waals surface area contributed by atoms with E-state index in [0.29, 0.717) is 12.3 Å². The van der Waals surface area contributed by atoms with Crippen LogP contribution in [-0.2, 0) is 19.1 Å². The van der Waals surface area contributed by atoms with Crippen molar-refractivity contribution in [3.63, 3.8) is 0 Å². The Balaban J connectivity index is 2.03. The minimum atomic E-state index is -1.07. The molecular formula is C21H34O4. The fourth-order valence-electron chi connectivity index (χ4n) is 5.86. The third kappa shape index (κ3) is 2.85. The van der Waals surface area contributed by atoms with Gasteiger partial charge in [-0.3, -0.25) is 9.59 Å². The third-order valence-electron chi connectivity index (χ3n) is 7.33. The van der Waals surface area contributed by atoms with Gasteiger partial charge in [0.05, 0.1) is 18.8 Å². The van der Waals surface area contributed by atoms with E-state index in [9.17, 15) is 9.59 Å². The Morgan fingerprint density at radius 3 is 2.44 bits per heavy atom. The number of Topliss-reactive ketones (excluding diaryl/α,β-unsaturated/α-hetero) is 1. The molecule has 0 aromatic carbocycles. The zero-order valence-corrected chi connectivity index (χ0v) is 16.1. The largest absolute Gasteiger partial charge is 0.468 e. The van der Waals surface area contributed by atoms with Crippen LogP contribution in [0.25, 0.3) is 0 Å². The Hall–Kier alpha value is -0.900. The van der Waals surface area contributed by atoms with Crippen LogP contribution in [0.1, 0.15) is 84.5 Å². The van der Waals surface area contributed by atoms with E-state index in [2.05, 4.69) is 13.8 Å². The van der Waals surface area contributed by atoms with Gasteiger partial charge in [-0.15, -0.1) is 0 Å². The molecule has 4 heteroatoms. The molecule has 0 spiro atoms. The van der Waals surface area contributed by atoms with Crippen molar-refractivity contribution in [1.82, 2.24) is 0 Å². The second-order valence-electron chi connectivity index (χ2n) is 8.45. The number of esters is 1. The molecule has 0 radical (unpaired) electrons. The molecule has 0 aromatic heterocycles. The van der Waals surface area contributed by atoms with E-state index in [-0.39, 0.29) is 29.4 Å². The number of ether oxygens (including phenoxy) is 2. The second kappa shape index (κ2) is 7.38. The number of carbonyl (C=O) groups is 2. The van der Waals surface area contributed by atoms with Gasteiger partial charge in [-0.05, 0) is 31.6 Å². The first kappa shape index (κ1) is 18.9. The minimum Gasteiger partial charge on any atom is -0.468 e. The fourth-order valence-corrected chi connectivity index (χ4v) is 5.86. The van der Waals surface area contributed by atoms with Crippen molar-refractivity contribution in [2.45, 2.75) is 96.2 Å². The summed E-state index contributed by atoms with van der Waals surface area (Å²) in [7, 11) is 1.41. The van der Waals surface area contributed by atoms with Crippen molar-refractivity contribution in [1.29, 1.82) is 0 Å². The van der Waals surface area contributed by atoms with Crippen LogP contribution < -0.4 is 0 Å². The number of rotatable bonds is 2. The molecule has 3 fully saturated rings. The number of methoxy groups -OCH3 is 1. The summed E-state index contributed by atoms with van der Waals surface area (Å²) in [5, 5.41) is 0. The zero-order valence-electron chi connectivity index (χ0n) is 16.1. The van der Waals surface area contributed by atoms with Crippen molar-refractivity contribution in [3.05, 3.63) is 0 Å². The summed E-state index contributed by atoms with van der Waals surface area (Å²) in [6, 6.07) is 0. The lowest BCUT2D eigenvalue weighted by molar-refractivity contribution is -0.204. The molecule has 0 unspecified atom stereocenters. The highest BCUT2D eigenvalue weighted by atomic mass is 16.5. The molecule has 2 heterocycles. The summed E-state index contributed by atoms with van der Waals surface area (Å²) >= 11 is 0. The van der Waals surface area contributed by atoms with Crippen LogP contribution in [0.5, 0.6) is 0 Å². The number of hydrogen-bond acceptors (Lipinski definition) is 4. The number of fused-ring (bicyclic) bond motifs is 6. The molecule has 5 atom stereocenters. The Kier molecular flexibility index (Phi) is 5.57. The summed E-state index contributed by atoms with van der Waals surface area (Å²) in [6.07, 6.45) is 10.7. The minimum absolute atomic E-state index is 0.127. The maximum atomic E-state index is 13.8. The Morgan fingerprint density at radius 1 is 1.16 bits per heavy atom. The normalized spacial score (nSPS) is 42.4. The van der Waals surface area contributed by atoms with Crippen LogP contribution in [0.15, 0.2) is 0 Å². The molecule has 1 aliphatic carbocycles. The second-order valence-corrected chi connectivity index (χ2v) is 8.45. The molecule has 3 rings (SSSR count). The predicted molar refractivity (Wildman–Crippen MR) is 96.2 cm³/mol. The average molecular weight is 350 g/mol. The van der Waals surface area contributed by atoms with E-state index in [1.807, 2.05) is 0 Å². The molecule has 0 aromatic rings. The summed E-state index contributed by atoms with van der Waals surface area (Å²) in [5.41, 5.74) is -1.44. The maximum absolute atomic E-state index is 13.8. The molecule has 142 valence electrons. The van der Waals surface area contributed by atoms with Crippen LogP contribution in [0.2, 0.25) is 0 Å². The molecule has 3 aliphatic rings. The monoisotopic (exact) mass is 350 g/mol. The predicted octanol–water partition coefficient (Wildman–Crippen LogP) is 4.44. The number of carbonyl (C=O) groups excluding carboxylic acids is 2. The van der Waals surface area contributed by atoms with Crippen molar-refractivity contribution in [2.24, 2.45) is 17.3 Å². The molecule has 0 N–H and O–H groups in total. The lowest BCUT2D eigenvalue weighted by Gasteiger charge is -2.49. The van der Waals surface area contributed by atoms with Gasteiger partial charge in [0.15, 0.2) is 11.2 Å². The van der Waals surface area contributed by atoms with Gasteiger partial charge >= 0.3 is 5.97 Å². The first-order valence-corrected chi connectivity index (χ1v) is 10.3. The van der Waals surface area contributed by atoms with Crippen molar-refractivity contribution in [2.75, 3.05) is 7.11 Å². The summed E-state index contributed by atoms with van der Waals surface area (Å²) < 4.78 is 11.8. The van der Waals surface area contributed by atoms with E-state index in [1.165, 1.54) is 32.8 Å². The van der Waals surface area contributed by atoms with Gasteiger partial charge in [0, 0.05) is 5.92 Å². The van der Waals surface area contributed by atoms with Gasteiger partial charge in [0.2, 0.25) is 0 Å². The van der Waals surface area contributed by atoms with Gasteiger partial charge in [0.1, 0.15) is 0 Å². The van der Waals surface area contributed by atoms with Crippen LogP contribution >= 0.6 is 0 Å². The van der Waals surface area contributed by atoms with Gasteiger partial charge < -0.3 is 9.47 Å². The van der Waals surface area contributed by atoms with Gasteiger partial charge in [0.25, 0.3) is 0 Å².